The van der Waals surface area contributed by atoms with Crippen LogP contribution < -0.4 is 0 Å². The van der Waals surface area contributed by atoms with Crippen molar-refractivity contribution in [3.05, 3.63) is 0 Å². The van der Waals surface area contributed by atoms with Crippen LogP contribution in [0.1, 0.15) is 59.3 Å². The first-order valence-corrected chi connectivity index (χ1v) is 6.37. The minimum atomic E-state index is 0.381. The quantitative estimate of drug-likeness (QED) is 0.665. The fraction of sp³-hybridized carbons (Fsp3) is 0.923. The van der Waals surface area contributed by atoms with Crippen molar-refractivity contribution < 1.29 is 0 Å². The van der Waals surface area contributed by atoms with Crippen LogP contribution in [0.15, 0.2) is 0 Å². The molecule has 15 heavy (non-hydrogen) atoms. The van der Waals surface area contributed by atoms with Gasteiger partial charge in [-0.25, -0.2) is 0 Å². The first-order valence-electron chi connectivity index (χ1n) is 6.37. The fourth-order valence-corrected chi connectivity index (χ4v) is 2.35. The van der Waals surface area contributed by atoms with E-state index in [1.807, 2.05) is 0 Å². The topological polar surface area (TPSA) is 27.1 Å². The molecule has 2 nitrogen and oxygen atoms in total. The molecular formula is C13H26N2. The molecule has 0 amide bonds. The summed E-state index contributed by atoms with van der Waals surface area (Å²) in [5, 5.41) is 7.83. The highest BCUT2D eigenvalue weighted by molar-refractivity contribution is 5.80. The summed E-state index contributed by atoms with van der Waals surface area (Å²) >= 11 is 0. The summed E-state index contributed by atoms with van der Waals surface area (Å²) in [5.41, 5.74) is 0.381. The van der Waals surface area contributed by atoms with Gasteiger partial charge in [0, 0.05) is 19.5 Å². The summed E-state index contributed by atoms with van der Waals surface area (Å²) in [6.07, 6.45) is 7.46. The Labute approximate surface area is 94.6 Å². The molecule has 0 radical (unpaired) electrons. The van der Waals surface area contributed by atoms with Gasteiger partial charge < -0.3 is 4.90 Å². The predicted octanol–water partition coefficient (Wildman–Crippen LogP) is 3.67. The van der Waals surface area contributed by atoms with Crippen LogP contribution in [-0.2, 0) is 0 Å². The maximum atomic E-state index is 7.83. The second-order valence-electron chi connectivity index (χ2n) is 5.59. The van der Waals surface area contributed by atoms with E-state index in [4.69, 9.17) is 5.41 Å². The number of hydrogen-bond donors (Lipinski definition) is 1. The first kappa shape index (κ1) is 12.5. The highest BCUT2D eigenvalue weighted by Crippen LogP contribution is 2.27. The fourth-order valence-electron chi connectivity index (χ4n) is 2.35. The Bertz CT molecular complexity index is 209. The minimum Gasteiger partial charge on any atom is -0.360 e. The van der Waals surface area contributed by atoms with E-state index in [0.29, 0.717) is 5.41 Å². The van der Waals surface area contributed by atoms with Crippen molar-refractivity contribution in [2.24, 2.45) is 5.41 Å². The molecule has 0 aromatic carbocycles. The maximum Gasteiger partial charge on any atom is 0.0958 e. The molecule has 1 rings (SSSR count). The van der Waals surface area contributed by atoms with E-state index in [0.717, 1.165) is 25.3 Å². The molecule has 0 aromatic heterocycles. The highest BCUT2D eigenvalue weighted by Gasteiger charge is 2.25. The first-order chi connectivity index (χ1) is 7.05. The molecule has 0 atom stereocenters. The Morgan fingerprint density at radius 3 is 2.60 bits per heavy atom. The summed E-state index contributed by atoms with van der Waals surface area (Å²) in [7, 11) is 0. The molecule has 0 aromatic rings. The van der Waals surface area contributed by atoms with Crippen LogP contribution in [0.25, 0.3) is 0 Å². The second-order valence-corrected chi connectivity index (χ2v) is 5.59. The van der Waals surface area contributed by atoms with Crippen molar-refractivity contribution in [1.82, 2.24) is 4.90 Å². The number of nitrogens with one attached hydrogen (secondary N) is 1. The number of unbranched alkanes of at least 4 members (excludes halogenated alkanes) is 2. The Morgan fingerprint density at radius 1 is 1.33 bits per heavy atom. The lowest BCUT2D eigenvalue weighted by Gasteiger charge is -2.31. The molecule has 0 unspecified atom stereocenters. The van der Waals surface area contributed by atoms with Crippen LogP contribution in [0.4, 0.5) is 0 Å². The summed E-state index contributed by atoms with van der Waals surface area (Å²) in [4.78, 5) is 2.27. The lowest BCUT2D eigenvalue weighted by Crippen LogP contribution is -2.34. The van der Waals surface area contributed by atoms with Crippen LogP contribution in [0.5, 0.6) is 0 Å². The van der Waals surface area contributed by atoms with Gasteiger partial charge in [-0.2, -0.15) is 0 Å². The van der Waals surface area contributed by atoms with E-state index in [1.54, 1.807) is 0 Å². The van der Waals surface area contributed by atoms with Gasteiger partial charge >= 0.3 is 0 Å². The van der Waals surface area contributed by atoms with Gasteiger partial charge in [-0.1, -0.05) is 40.0 Å². The summed E-state index contributed by atoms with van der Waals surface area (Å²) in [6.45, 7) is 9.12. The van der Waals surface area contributed by atoms with Gasteiger partial charge in [-0.3, -0.25) is 5.41 Å². The van der Waals surface area contributed by atoms with Crippen molar-refractivity contribution in [3.8, 4) is 0 Å². The number of nitrogens with zero attached hydrogens (tertiary/aromatic N) is 1. The van der Waals surface area contributed by atoms with E-state index in [1.165, 1.54) is 32.1 Å². The van der Waals surface area contributed by atoms with Crippen LogP contribution in [0, 0.1) is 10.8 Å². The zero-order chi connectivity index (χ0) is 11.3. The van der Waals surface area contributed by atoms with E-state index >= 15 is 0 Å². The lowest BCUT2D eigenvalue weighted by molar-refractivity contribution is 0.238. The molecule has 0 saturated carbocycles. The Hall–Kier alpha value is -0.530. The third-order valence-corrected chi connectivity index (χ3v) is 3.30. The molecule has 0 bridgehead atoms. The molecule has 0 spiro atoms. The molecule has 1 heterocycles. The zero-order valence-electron chi connectivity index (χ0n) is 10.6. The summed E-state index contributed by atoms with van der Waals surface area (Å²) < 4.78 is 0. The Balaban J connectivity index is 2.30. The van der Waals surface area contributed by atoms with Gasteiger partial charge in [0.1, 0.15) is 0 Å². The van der Waals surface area contributed by atoms with Crippen LogP contribution in [-0.4, -0.2) is 23.8 Å². The number of likely N-dealkylation sites (tertiary alicyclic amines) is 1. The van der Waals surface area contributed by atoms with E-state index in [2.05, 4.69) is 25.7 Å². The zero-order valence-corrected chi connectivity index (χ0v) is 10.6. The molecule has 1 fully saturated rings. The van der Waals surface area contributed by atoms with Gasteiger partial charge in [0.2, 0.25) is 0 Å². The number of rotatable bonds is 6. The van der Waals surface area contributed by atoms with Gasteiger partial charge in [-0.15, -0.1) is 0 Å². The summed E-state index contributed by atoms with van der Waals surface area (Å²) in [5.74, 6) is 0.860. The van der Waals surface area contributed by atoms with E-state index < -0.39 is 0 Å². The molecule has 1 N–H and O–H groups in total. The Kier molecular flexibility index (Phi) is 4.62. The summed E-state index contributed by atoms with van der Waals surface area (Å²) in [6, 6.07) is 0. The molecule has 1 saturated heterocycles. The van der Waals surface area contributed by atoms with E-state index in [-0.39, 0.29) is 0 Å². The standard InChI is InChI=1S/C13H26N2/c1-4-5-6-9-13(2,3)11-15-10-7-8-12(15)14/h14H,4-11H2,1-3H3. The molecule has 0 aliphatic carbocycles. The average molecular weight is 210 g/mol. The monoisotopic (exact) mass is 210 g/mol. The largest absolute Gasteiger partial charge is 0.360 e. The third-order valence-electron chi connectivity index (χ3n) is 3.30. The molecule has 88 valence electrons. The smallest absolute Gasteiger partial charge is 0.0958 e. The number of amidine groups is 1. The lowest BCUT2D eigenvalue weighted by atomic mass is 9.86. The van der Waals surface area contributed by atoms with Crippen molar-refractivity contribution >= 4 is 5.84 Å². The van der Waals surface area contributed by atoms with Crippen LogP contribution >= 0.6 is 0 Å². The molecule has 1 aliphatic heterocycles. The van der Waals surface area contributed by atoms with Crippen molar-refractivity contribution in [1.29, 1.82) is 5.41 Å². The minimum absolute atomic E-state index is 0.381. The average Bonchev–Trinajstić information content (AvgIpc) is 2.51. The SMILES string of the molecule is CCCCCC(C)(C)CN1CCCC1=N. The maximum absolute atomic E-state index is 7.83. The third kappa shape index (κ3) is 4.23. The van der Waals surface area contributed by atoms with Crippen molar-refractivity contribution in [2.45, 2.75) is 59.3 Å². The van der Waals surface area contributed by atoms with Crippen molar-refractivity contribution in [3.63, 3.8) is 0 Å². The number of hydrogen-bond acceptors (Lipinski definition) is 1. The normalized spacial score (nSPS) is 17.5. The van der Waals surface area contributed by atoms with Gasteiger partial charge in [0.25, 0.3) is 0 Å². The van der Waals surface area contributed by atoms with Gasteiger partial charge in [-0.05, 0) is 18.3 Å². The van der Waals surface area contributed by atoms with E-state index in [9.17, 15) is 0 Å². The molecule has 1 aliphatic rings. The van der Waals surface area contributed by atoms with Gasteiger partial charge in [0.15, 0.2) is 0 Å². The predicted molar refractivity (Wildman–Crippen MR) is 66.5 cm³/mol. The Morgan fingerprint density at radius 2 is 2.07 bits per heavy atom. The molecular weight excluding hydrogens is 184 g/mol. The molecule has 2 heteroatoms. The van der Waals surface area contributed by atoms with Gasteiger partial charge in [0.05, 0.1) is 5.84 Å². The van der Waals surface area contributed by atoms with Crippen LogP contribution in [0.3, 0.4) is 0 Å². The highest BCUT2D eigenvalue weighted by atomic mass is 15.2. The van der Waals surface area contributed by atoms with Crippen molar-refractivity contribution in [2.75, 3.05) is 13.1 Å². The second kappa shape index (κ2) is 5.53. The van der Waals surface area contributed by atoms with Crippen LogP contribution in [0.2, 0.25) is 0 Å².